The lowest BCUT2D eigenvalue weighted by Gasteiger charge is -2.26. The Morgan fingerprint density at radius 3 is 2.03 bits per heavy atom. The van der Waals surface area contributed by atoms with Crippen molar-refractivity contribution in [2.75, 3.05) is 24.8 Å². The van der Waals surface area contributed by atoms with Crippen LogP contribution in [0.25, 0.3) is 0 Å². The van der Waals surface area contributed by atoms with E-state index in [0.29, 0.717) is 4.47 Å². The fraction of sp³-hybridized carbons (Fsp3) is 0.333. The Balaban J connectivity index is 2.53. The maximum absolute atomic E-state index is 12.8. The van der Waals surface area contributed by atoms with Crippen molar-refractivity contribution < 1.29 is 44.7 Å². The minimum atomic E-state index is -5.87. The highest BCUT2D eigenvalue weighted by atomic mass is 35.5. The van der Waals surface area contributed by atoms with Crippen LogP contribution in [0.2, 0.25) is 5.02 Å². The van der Waals surface area contributed by atoms with Crippen LogP contribution in [-0.2, 0) is 14.9 Å². The number of benzene rings is 1. The molecule has 0 aliphatic rings. The van der Waals surface area contributed by atoms with Crippen LogP contribution >= 0.6 is 11.6 Å². The van der Waals surface area contributed by atoms with Crippen molar-refractivity contribution >= 4 is 38.7 Å². The largest absolute Gasteiger partial charge is 0.504 e. The molecule has 0 aliphatic heterocycles. The SMILES string of the molecule is CON(C)S(=O)(=O)c1c(Cl)ccc(Nc2c(NC(C(F)(F)F)C(F)(F)F)c(=O)c2=O)c1O. The van der Waals surface area contributed by atoms with Crippen LogP contribution in [-0.4, -0.2) is 50.5 Å². The summed E-state index contributed by atoms with van der Waals surface area (Å²) in [5, 5.41) is 12.6. The van der Waals surface area contributed by atoms with Crippen LogP contribution in [0, 0.1) is 0 Å². The number of aromatic hydroxyl groups is 1. The van der Waals surface area contributed by atoms with Crippen molar-refractivity contribution in [2.24, 2.45) is 0 Å². The van der Waals surface area contributed by atoms with Crippen LogP contribution in [0.15, 0.2) is 26.6 Å². The average molecular weight is 512 g/mol. The summed E-state index contributed by atoms with van der Waals surface area (Å²) in [6.45, 7) is 0. The first-order valence-corrected chi connectivity index (χ1v) is 9.81. The van der Waals surface area contributed by atoms with Gasteiger partial charge in [0, 0.05) is 7.05 Å². The molecule has 0 fully saturated rings. The highest BCUT2D eigenvalue weighted by molar-refractivity contribution is 7.89. The molecule has 0 unspecified atom stereocenters. The zero-order valence-corrected chi connectivity index (χ0v) is 17.3. The molecule has 0 heterocycles. The molecule has 178 valence electrons. The van der Waals surface area contributed by atoms with Gasteiger partial charge in [-0.25, -0.2) is 8.42 Å². The predicted molar refractivity (Wildman–Crippen MR) is 99.2 cm³/mol. The molecule has 2 aromatic carbocycles. The Kier molecular flexibility index (Phi) is 6.76. The first kappa shape index (κ1) is 25.7. The third-order valence-corrected chi connectivity index (χ3v) is 6.23. The Hall–Kier alpha value is -2.56. The van der Waals surface area contributed by atoms with Gasteiger partial charge in [-0.3, -0.25) is 14.4 Å². The van der Waals surface area contributed by atoms with Gasteiger partial charge in [0.2, 0.25) is 6.04 Å². The van der Waals surface area contributed by atoms with Crippen LogP contribution in [0.3, 0.4) is 0 Å². The minimum Gasteiger partial charge on any atom is -0.504 e. The number of anilines is 3. The lowest BCUT2D eigenvalue weighted by Crippen LogP contribution is -2.51. The molecular weight excluding hydrogens is 500 g/mol. The Labute approximate surface area is 179 Å². The second kappa shape index (κ2) is 8.42. The van der Waals surface area contributed by atoms with E-state index in [1.165, 1.54) is 0 Å². The number of phenols is 1. The molecule has 2 aromatic rings. The standard InChI is InChI=1S/C15H12ClF6N3O6S/c1-25(31-2)32(29,30)12-5(16)3-4-6(9(12)26)23-7-8(11(28)10(7)27)24-13(14(17,18)19)15(20,21)22/h3-4,13,23-24,26H,1-2H3. The van der Waals surface area contributed by atoms with Crippen molar-refractivity contribution in [1.29, 1.82) is 0 Å². The quantitative estimate of drug-likeness (QED) is 0.224. The molecule has 0 aliphatic carbocycles. The van der Waals surface area contributed by atoms with Gasteiger partial charge in [-0.05, 0) is 12.1 Å². The number of rotatable bonds is 7. The second-order valence-corrected chi connectivity index (χ2v) is 8.34. The van der Waals surface area contributed by atoms with Crippen LogP contribution in [0.1, 0.15) is 0 Å². The van der Waals surface area contributed by atoms with Crippen LogP contribution in [0.5, 0.6) is 5.75 Å². The summed E-state index contributed by atoms with van der Waals surface area (Å²) < 4.78 is 102. The van der Waals surface area contributed by atoms with Gasteiger partial charge in [0.25, 0.3) is 20.9 Å². The van der Waals surface area contributed by atoms with E-state index in [9.17, 15) is 49.5 Å². The molecule has 9 nitrogen and oxygen atoms in total. The fourth-order valence-electron chi connectivity index (χ4n) is 2.40. The molecule has 0 amide bonds. The summed E-state index contributed by atoms with van der Waals surface area (Å²) in [5.74, 6) is -1.15. The molecule has 0 spiro atoms. The number of phenolic OH excluding ortho intramolecular Hbond substituents is 1. The molecule has 0 saturated carbocycles. The lowest BCUT2D eigenvalue weighted by atomic mass is 10.1. The fourth-order valence-corrected chi connectivity index (χ4v) is 3.96. The zero-order valence-electron chi connectivity index (χ0n) is 15.7. The van der Waals surface area contributed by atoms with Crippen LogP contribution < -0.4 is 21.5 Å². The molecule has 0 bridgehead atoms. The molecule has 32 heavy (non-hydrogen) atoms. The highest BCUT2D eigenvalue weighted by Gasteiger charge is 2.57. The van der Waals surface area contributed by atoms with Gasteiger partial charge in [0.05, 0.1) is 17.8 Å². The van der Waals surface area contributed by atoms with E-state index in [0.717, 1.165) is 31.6 Å². The van der Waals surface area contributed by atoms with Gasteiger partial charge in [0.15, 0.2) is 5.75 Å². The maximum atomic E-state index is 12.8. The van der Waals surface area contributed by atoms with Crippen molar-refractivity contribution in [2.45, 2.75) is 23.3 Å². The monoisotopic (exact) mass is 511 g/mol. The first-order valence-electron chi connectivity index (χ1n) is 7.99. The van der Waals surface area contributed by atoms with Gasteiger partial charge in [0.1, 0.15) is 16.3 Å². The number of hydroxylamine groups is 1. The first-order chi connectivity index (χ1) is 14.4. The topological polar surface area (TPSA) is 125 Å². The van der Waals surface area contributed by atoms with Gasteiger partial charge in [-0.1, -0.05) is 16.1 Å². The Bertz CT molecular complexity index is 1190. The van der Waals surface area contributed by atoms with E-state index in [1.54, 1.807) is 0 Å². The number of nitrogens with one attached hydrogen (secondary N) is 2. The lowest BCUT2D eigenvalue weighted by molar-refractivity contribution is -0.242. The number of halogens is 7. The molecule has 0 saturated heterocycles. The van der Waals surface area contributed by atoms with Gasteiger partial charge < -0.3 is 15.7 Å². The second-order valence-electron chi connectivity index (χ2n) is 6.06. The third kappa shape index (κ3) is 4.62. The number of hydrogen-bond acceptors (Lipinski definition) is 8. The van der Waals surface area contributed by atoms with Crippen molar-refractivity contribution in [1.82, 2.24) is 4.47 Å². The van der Waals surface area contributed by atoms with Gasteiger partial charge in [-0.15, -0.1) is 0 Å². The molecular formula is C15H12ClF6N3O6S. The summed E-state index contributed by atoms with van der Waals surface area (Å²) in [6, 6.07) is -2.41. The minimum absolute atomic E-state index is 0.291. The van der Waals surface area contributed by atoms with E-state index < -0.39 is 72.0 Å². The third-order valence-electron chi connectivity index (χ3n) is 4.05. The van der Waals surface area contributed by atoms with E-state index in [-0.39, 0.29) is 0 Å². The van der Waals surface area contributed by atoms with E-state index in [1.807, 2.05) is 5.32 Å². The summed E-state index contributed by atoms with van der Waals surface area (Å²) in [5.41, 5.74) is -6.28. The Morgan fingerprint density at radius 1 is 1.06 bits per heavy atom. The molecule has 0 atom stereocenters. The summed E-state index contributed by atoms with van der Waals surface area (Å²) >= 11 is 5.78. The van der Waals surface area contributed by atoms with E-state index in [2.05, 4.69) is 4.84 Å². The Morgan fingerprint density at radius 2 is 1.56 bits per heavy atom. The number of sulfonamides is 1. The predicted octanol–water partition coefficient (Wildman–Crippen LogP) is 2.47. The number of hydrogen-bond donors (Lipinski definition) is 3. The van der Waals surface area contributed by atoms with Crippen molar-refractivity contribution in [3.05, 3.63) is 37.6 Å². The number of nitrogens with zero attached hydrogens (tertiary/aromatic N) is 1. The van der Waals surface area contributed by atoms with Crippen molar-refractivity contribution in [3.63, 3.8) is 0 Å². The highest BCUT2D eigenvalue weighted by Crippen LogP contribution is 2.41. The summed E-state index contributed by atoms with van der Waals surface area (Å²) in [7, 11) is -2.69. The molecule has 0 radical (unpaired) electrons. The zero-order chi connectivity index (χ0) is 24.8. The summed E-state index contributed by atoms with van der Waals surface area (Å²) in [4.78, 5) is 26.9. The maximum Gasteiger partial charge on any atom is 0.417 e. The van der Waals surface area contributed by atoms with Crippen LogP contribution in [0.4, 0.5) is 43.4 Å². The molecule has 2 rings (SSSR count). The summed E-state index contributed by atoms with van der Waals surface area (Å²) in [6.07, 6.45) is -11.7. The molecule has 17 heteroatoms. The normalized spacial score (nSPS) is 13.2. The molecule has 3 N–H and O–H groups in total. The average Bonchev–Trinajstić information content (AvgIpc) is 2.65. The van der Waals surface area contributed by atoms with Gasteiger partial charge >= 0.3 is 12.4 Å². The van der Waals surface area contributed by atoms with Crippen molar-refractivity contribution in [3.8, 4) is 5.75 Å². The van der Waals surface area contributed by atoms with Gasteiger partial charge in [-0.2, -0.15) is 26.3 Å². The smallest absolute Gasteiger partial charge is 0.417 e. The molecule has 0 aromatic heterocycles. The number of alkyl halides is 6. The van der Waals surface area contributed by atoms with E-state index in [4.69, 9.17) is 11.6 Å². The van der Waals surface area contributed by atoms with E-state index >= 15 is 0 Å².